The van der Waals surface area contributed by atoms with Gasteiger partial charge in [-0.1, -0.05) is 25.1 Å². The first-order chi connectivity index (χ1) is 8.67. The fourth-order valence-corrected chi connectivity index (χ4v) is 1.40. The van der Waals surface area contributed by atoms with Gasteiger partial charge in [0.25, 0.3) is 0 Å². The molecule has 0 spiro atoms. The fraction of sp³-hybridized carbons (Fsp3) is 0.385. The van der Waals surface area contributed by atoms with Gasteiger partial charge in [-0.25, -0.2) is 0 Å². The van der Waals surface area contributed by atoms with Gasteiger partial charge in [0.2, 0.25) is 0 Å². The third-order valence-corrected chi connectivity index (χ3v) is 2.23. The molecule has 0 saturated carbocycles. The summed E-state index contributed by atoms with van der Waals surface area (Å²) in [5, 5.41) is 3.14. The van der Waals surface area contributed by atoms with Crippen molar-refractivity contribution in [1.82, 2.24) is 5.32 Å². The third kappa shape index (κ3) is 4.71. The number of hydrogen-bond donors (Lipinski definition) is 1. The number of benzene rings is 1. The van der Waals surface area contributed by atoms with Crippen LogP contribution in [0.1, 0.15) is 12.5 Å². The Morgan fingerprint density at radius 1 is 1.33 bits per heavy atom. The van der Waals surface area contributed by atoms with Crippen LogP contribution in [0.15, 0.2) is 24.3 Å². The Hall–Kier alpha value is -1.62. The van der Waals surface area contributed by atoms with E-state index in [2.05, 4.69) is 10.1 Å². The predicted molar refractivity (Wildman–Crippen MR) is 67.2 cm³/mol. The van der Waals surface area contributed by atoms with Crippen LogP contribution in [-0.2, 0) is 0 Å². The fourth-order valence-electron chi connectivity index (χ4n) is 1.40. The minimum Gasteiger partial charge on any atom is -0.493 e. The zero-order chi connectivity index (χ0) is 13.4. The Morgan fingerprint density at radius 2 is 2.11 bits per heavy atom. The molecule has 0 fully saturated rings. The van der Waals surface area contributed by atoms with Gasteiger partial charge in [0.05, 0.1) is 7.11 Å². The van der Waals surface area contributed by atoms with Crippen LogP contribution in [0.2, 0.25) is 0 Å². The van der Waals surface area contributed by atoms with Crippen LogP contribution in [0.3, 0.4) is 0 Å². The lowest BCUT2D eigenvalue weighted by molar-refractivity contribution is -0.0512. The summed E-state index contributed by atoms with van der Waals surface area (Å²) in [5.74, 6) is 0.331. The summed E-state index contributed by atoms with van der Waals surface area (Å²) >= 11 is 0. The molecule has 0 amide bonds. The second kappa shape index (κ2) is 7.66. The summed E-state index contributed by atoms with van der Waals surface area (Å²) in [6.45, 7) is 0.824. The summed E-state index contributed by atoms with van der Waals surface area (Å²) in [4.78, 5) is 0. The van der Waals surface area contributed by atoms with Crippen LogP contribution in [0.4, 0.5) is 8.78 Å². The maximum absolute atomic E-state index is 12.1. The van der Waals surface area contributed by atoms with E-state index < -0.39 is 6.61 Å². The Bertz CT molecular complexity index is 395. The number of likely N-dealkylation sites (N-methyl/N-ethyl adjacent to an activating group) is 1. The van der Waals surface area contributed by atoms with Gasteiger partial charge >= 0.3 is 6.61 Å². The van der Waals surface area contributed by atoms with Gasteiger partial charge in [-0.15, -0.1) is 0 Å². The van der Waals surface area contributed by atoms with Crippen LogP contribution in [0, 0.1) is 0 Å². The van der Waals surface area contributed by atoms with E-state index in [0.29, 0.717) is 5.75 Å². The van der Waals surface area contributed by atoms with E-state index in [1.54, 1.807) is 12.1 Å². The van der Waals surface area contributed by atoms with Crippen LogP contribution in [0.5, 0.6) is 11.5 Å². The van der Waals surface area contributed by atoms with Gasteiger partial charge in [-0.3, -0.25) is 0 Å². The molecule has 0 aromatic heterocycles. The topological polar surface area (TPSA) is 30.5 Å². The lowest BCUT2D eigenvalue weighted by Crippen LogP contribution is -2.11. The molecule has 0 aliphatic carbocycles. The standard InChI is InChI=1S/C13H17F2NO2/c1-3-16-8-4-5-10-6-7-11(18-13(14)15)12(9-10)17-2/h4-7,9,13,16H,3,8H2,1-2H3. The van der Waals surface area contributed by atoms with E-state index in [-0.39, 0.29) is 5.75 Å². The third-order valence-electron chi connectivity index (χ3n) is 2.23. The molecule has 0 atom stereocenters. The van der Waals surface area contributed by atoms with Gasteiger partial charge in [0, 0.05) is 6.54 Å². The molecule has 0 heterocycles. The van der Waals surface area contributed by atoms with Gasteiger partial charge in [-0.2, -0.15) is 8.78 Å². The van der Waals surface area contributed by atoms with Gasteiger partial charge in [0.15, 0.2) is 11.5 Å². The van der Waals surface area contributed by atoms with Gasteiger partial charge < -0.3 is 14.8 Å². The molecule has 0 unspecified atom stereocenters. The molecule has 0 aliphatic rings. The molecule has 1 rings (SSSR count). The van der Waals surface area contributed by atoms with Crippen molar-refractivity contribution in [1.29, 1.82) is 0 Å². The van der Waals surface area contributed by atoms with Crippen molar-refractivity contribution in [2.24, 2.45) is 0 Å². The molecule has 0 aliphatic heterocycles. The summed E-state index contributed by atoms with van der Waals surface area (Å²) in [7, 11) is 1.42. The highest BCUT2D eigenvalue weighted by atomic mass is 19.3. The number of halogens is 2. The van der Waals surface area contributed by atoms with Crippen molar-refractivity contribution in [2.75, 3.05) is 20.2 Å². The van der Waals surface area contributed by atoms with Gasteiger partial charge in [0.1, 0.15) is 0 Å². The Balaban J connectivity index is 2.75. The summed E-state index contributed by atoms with van der Waals surface area (Å²) in [6.07, 6.45) is 3.84. The minimum absolute atomic E-state index is 0.0383. The number of alkyl halides is 2. The molecular weight excluding hydrogens is 240 g/mol. The zero-order valence-electron chi connectivity index (χ0n) is 10.5. The van der Waals surface area contributed by atoms with Crippen molar-refractivity contribution in [3.63, 3.8) is 0 Å². The molecule has 100 valence electrons. The van der Waals surface area contributed by atoms with Crippen LogP contribution in [0.25, 0.3) is 6.08 Å². The predicted octanol–water partition coefficient (Wildman–Crippen LogP) is 2.92. The van der Waals surface area contributed by atoms with Crippen LogP contribution in [-0.4, -0.2) is 26.8 Å². The normalized spacial score (nSPS) is 11.2. The first-order valence-electron chi connectivity index (χ1n) is 5.67. The quantitative estimate of drug-likeness (QED) is 0.762. The number of methoxy groups -OCH3 is 1. The average Bonchev–Trinajstić information content (AvgIpc) is 2.35. The smallest absolute Gasteiger partial charge is 0.387 e. The molecule has 0 radical (unpaired) electrons. The first kappa shape index (κ1) is 14.4. The maximum Gasteiger partial charge on any atom is 0.387 e. The van der Waals surface area contributed by atoms with Crippen molar-refractivity contribution in [3.05, 3.63) is 29.8 Å². The molecule has 0 saturated heterocycles. The second-order valence-corrected chi connectivity index (χ2v) is 3.50. The summed E-state index contributed by atoms with van der Waals surface area (Å²) in [5.41, 5.74) is 0.867. The SMILES string of the molecule is CCNCC=Cc1ccc(OC(F)F)c(OC)c1. The van der Waals surface area contributed by atoms with Crippen LogP contribution >= 0.6 is 0 Å². The molecular formula is C13H17F2NO2. The van der Waals surface area contributed by atoms with E-state index in [1.807, 2.05) is 19.1 Å². The Morgan fingerprint density at radius 3 is 2.72 bits per heavy atom. The molecule has 5 heteroatoms. The largest absolute Gasteiger partial charge is 0.493 e. The molecule has 3 nitrogen and oxygen atoms in total. The van der Waals surface area contributed by atoms with Crippen molar-refractivity contribution in [2.45, 2.75) is 13.5 Å². The lowest BCUT2D eigenvalue weighted by atomic mass is 10.2. The van der Waals surface area contributed by atoms with Crippen molar-refractivity contribution < 1.29 is 18.3 Å². The minimum atomic E-state index is -2.85. The lowest BCUT2D eigenvalue weighted by Gasteiger charge is -2.10. The van der Waals surface area contributed by atoms with Crippen molar-refractivity contribution >= 4 is 6.08 Å². The highest BCUT2D eigenvalue weighted by Crippen LogP contribution is 2.29. The van der Waals surface area contributed by atoms with Crippen LogP contribution < -0.4 is 14.8 Å². The number of ether oxygens (including phenoxy) is 2. The summed E-state index contributed by atoms with van der Waals surface area (Å²) < 4.78 is 33.6. The second-order valence-electron chi connectivity index (χ2n) is 3.50. The van der Waals surface area contributed by atoms with E-state index in [4.69, 9.17) is 4.74 Å². The van der Waals surface area contributed by atoms with Crippen molar-refractivity contribution in [3.8, 4) is 11.5 Å². The molecule has 0 bridgehead atoms. The Labute approximate surface area is 105 Å². The van der Waals surface area contributed by atoms with E-state index in [0.717, 1.165) is 18.7 Å². The summed E-state index contributed by atoms with van der Waals surface area (Å²) in [6, 6.07) is 4.82. The average molecular weight is 257 g/mol. The molecule has 1 N–H and O–H groups in total. The maximum atomic E-state index is 12.1. The van der Waals surface area contributed by atoms with E-state index in [1.165, 1.54) is 13.2 Å². The number of hydrogen-bond acceptors (Lipinski definition) is 3. The molecule has 18 heavy (non-hydrogen) atoms. The highest BCUT2D eigenvalue weighted by Gasteiger charge is 2.10. The van der Waals surface area contributed by atoms with E-state index in [9.17, 15) is 8.78 Å². The molecule has 1 aromatic rings. The van der Waals surface area contributed by atoms with E-state index >= 15 is 0 Å². The Kier molecular flexibility index (Phi) is 6.14. The number of rotatable bonds is 7. The monoisotopic (exact) mass is 257 g/mol. The number of nitrogens with one attached hydrogen (secondary N) is 1. The highest BCUT2D eigenvalue weighted by molar-refractivity contribution is 5.56. The molecule has 1 aromatic carbocycles. The zero-order valence-corrected chi connectivity index (χ0v) is 10.5. The first-order valence-corrected chi connectivity index (χ1v) is 5.67. The van der Waals surface area contributed by atoms with Gasteiger partial charge in [-0.05, 0) is 24.2 Å².